The van der Waals surface area contributed by atoms with Gasteiger partial charge in [-0.2, -0.15) is 4.31 Å². The highest BCUT2D eigenvalue weighted by Gasteiger charge is 2.30. The van der Waals surface area contributed by atoms with Gasteiger partial charge in [0.1, 0.15) is 0 Å². The number of likely N-dealkylation sites (tertiary alicyclic amines) is 1. The van der Waals surface area contributed by atoms with Crippen molar-refractivity contribution < 1.29 is 32.3 Å². The van der Waals surface area contributed by atoms with Gasteiger partial charge in [-0.3, -0.25) is 9.59 Å². The van der Waals surface area contributed by atoms with Crippen molar-refractivity contribution in [2.75, 3.05) is 39.9 Å². The number of hydrogen-bond donors (Lipinski definition) is 0. The minimum atomic E-state index is -3.70. The number of piperidine rings is 2. The van der Waals surface area contributed by atoms with Crippen LogP contribution in [0.3, 0.4) is 0 Å². The molecular weight excluding hydrogens is 436 g/mol. The van der Waals surface area contributed by atoms with Crippen molar-refractivity contribution in [3.8, 4) is 0 Å². The van der Waals surface area contributed by atoms with E-state index in [1.165, 1.54) is 23.5 Å². The van der Waals surface area contributed by atoms with Gasteiger partial charge in [0.2, 0.25) is 10.0 Å². The van der Waals surface area contributed by atoms with E-state index in [0.717, 1.165) is 19.3 Å². The van der Waals surface area contributed by atoms with Gasteiger partial charge in [0, 0.05) is 26.2 Å². The molecule has 0 aliphatic carbocycles. The third kappa shape index (κ3) is 5.47. The van der Waals surface area contributed by atoms with E-state index in [9.17, 15) is 22.8 Å². The van der Waals surface area contributed by atoms with E-state index in [2.05, 4.69) is 0 Å². The molecule has 0 radical (unpaired) electrons. The number of aryl methyl sites for hydroxylation is 1. The molecule has 1 aromatic rings. The molecule has 0 unspecified atom stereocenters. The highest BCUT2D eigenvalue weighted by Crippen LogP contribution is 2.25. The van der Waals surface area contributed by atoms with Gasteiger partial charge >= 0.3 is 11.9 Å². The molecule has 32 heavy (non-hydrogen) atoms. The predicted octanol–water partition coefficient (Wildman–Crippen LogP) is 1.74. The van der Waals surface area contributed by atoms with Gasteiger partial charge in [-0.1, -0.05) is 12.5 Å². The van der Waals surface area contributed by atoms with E-state index in [1.54, 1.807) is 17.9 Å². The first-order valence-electron chi connectivity index (χ1n) is 10.9. The quantitative estimate of drug-likeness (QED) is 0.587. The number of methoxy groups -OCH3 is 1. The average molecular weight is 467 g/mol. The summed E-state index contributed by atoms with van der Waals surface area (Å²) in [6, 6.07) is 4.40. The summed E-state index contributed by atoms with van der Waals surface area (Å²) >= 11 is 0. The summed E-state index contributed by atoms with van der Waals surface area (Å²) in [7, 11) is -2.36. The summed E-state index contributed by atoms with van der Waals surface area (Å²) in [5, 5.41) is 0. The lowest BCUT2D eigenvalue weighted by atomic mass is 9.97. The second kappa shape index (κ2) is 10.4. The summed E-state index contributed by atoms with van der Waals surface area (Å²) < 4.78 is 37.4. The van der Waals surface area contributed by atoms with Crippen LogP contribution in [0.4, 0.5) is 0 Å². The first kappa shape index (κ1) is 24.2. The number of nitrogens with zero attached hydrogens (tertiary/aromatic N) is 2. The van der Waals surface area contributed by atoms with E-state index in [4.69, 9.17) is 9.47 Å². The minimum Gasteiger partial charge on any atom is -0.469 e. The van der Waals surface area contributed by atoms with Crippen LogP contribution in [0.25, 0.3) is 0 Å². The summed E-state index contributed by atoms with van der Waals surface area (Å²) in [5.41, 5.74) is 0.639. The second-order valence-electron chi connectivity index (χ2n) is 8.20. The number of hydrogen-bond acceptors (Lipinski definition) is 7. The van der Waals surface area contributed by atoms with Crippen LogP contribution in [-0.2, 0) is 29.1 Å². The van der Waals surface area contributed by atoms with Crippen molar-refractivity contribution in [1.82, 2.24) is 9.21 Å². The summed E-state index contributed by atoms with van der Waals surface area (Å²) in [5.74, 6) is -1.61. The smallest absolute Gasteiger partial charge is 0.338 e. The fourth-order valence-corrected chi connectivity index (χ4v) is 5.85. The van der Waals surface area contributed by atoms with Gasteiger partial charge in [-0.25, -0.2) is 13.2 Å². The number of esters is 2. The molecule has 2 saturated heterocycles. The maximum atomic E-state index is 13.0. The molecule has 0 N–H and O–H groups in total. The number of ether oxygens (including phenoxy) is 2. The zero-order valence-corrected chi connectivity index (χ0v) is 19.4. The topological polar surface area (TPSA) is 110 Å². The molecule has 2 aliphatic heterocycles. The van der Waals surface area contributed by atoms with Gasteiger partial charge in [0.05, 0.1) is 23.5 Å². The number of rotatable bonds is 6. The maximum Gasteiger partial charge on any atom is 0.338 e. The van der Waals surface area contributed by atoms with Gasteiger partial charge in [0.15, 0.2) is 6.61 Å². The molecule has 0 aromatic heterocycles. The average Bonchev–Trinajstić information content (AvgIpc) is 2.82. The second-order valence-corrected chi connectivity index (χ2v) is 10.1. The van der Waals surface area contributed by atoms with E-state index in [1.807, 2.05) is 0 Å². The SMILES string of the molecule is COC(=O)C1CCN(C(=O)COC(=O)c2ccc(C)c(S(=O)(=O)N3CCCCC3)c2)CC1. The molecule has 0 atom stereocenters. The lowest BCUT2D eigenvalue weighted by Gasteiger charge is -2.30. The number of carbonyl (C=O) groups is 3. The first-order chi connectivity index (χ1) is 15.2. The first-order valence-corrected chi connectivity index (χ1v) is 12.3. The standard InChI is InChI=1S/C22H30N2O7S/c1-16-6-7-18(14-19(16)32(28,29)24-10-4-3-5-11-24)22(27)31-15-20(25)23-12-8-17(9-13-23)21(26)30-2/h6-7,14,17H,3-5,8-13,15H2,1-2H3. The Hall–Kier alpha value is -2.46. The molecular formula is C22H30N2O7S. The fraction of sp³-hybridized carbons (Fsp3) is 0.591. The fourth-order valence-electron chi connectivity index (χ4n) is 4.08. The van der Waals surface area contributed by atoms with E-state index >= 15 is 0 Å². The van der Waals surface area contributed by atoms with Crippen molar-refractivity contribution in [2.45, 2.75) is 43.9 Å². The van der Waals surface area contributed by atoms with Gasteiger partial charge < -0.3 is 14.4 Å². The molecule has 176 valence electrons. The Labute approximate surface area is 188 Å². The van der Waals surface area contributed by atoms with Crippen LogP contribution in [-0.4, -0.2) is 75.4 Å². The maximum absolute atomic E-state index is 13.0. The highest BCUT2D eigenvalue weighted by molar-refractivity contribution is 7.89. The van der Waals surface area contributed by atoms with Crippen molar-refractivity contribution >= 4 is 27.9 Å². The van der Waals surface area contributed by atoms with E-state index < -0.39 is 22.6 Å². The molecule has 2 aliphatic rings. The minimum absolute atomic E-state index is 0.0865. The Kier molecular flexibility index (Phi) is 7.89. The van der Waals surface area contributed by atoms with E-state index in [0.29, 0.717) is 44.6 Å². The predicted molar refractivity (Wildman–Crippen MR) is 115 cm³/mol. The Morgan fingerprint density at radius 1 is 1.03 bits per heavy atom. The van der Waals surface area contributed by atoms with Crippen molar-refractivity contribution in [2.24, 2.45) is 5.92 Å². The zero-order chi connectivity index (χ0) is 23.3. The molecule has 9 nitrogen and oxygen atoms in total. The molecule has 1 aromatic carbocycles. The van der Waals surface area contributed by atoms with Crippen LogP contribution in [0.5, 0.6) is 0 Å². The van der Waals surface area contributed by atoms with Crippen LogP contribution in [0, 0.1) is 12.8 Å². The largest absolute Gasteiger partial charge is 0.469 e. The van der Waals surface area contributed by atoms with Crippen molar-refractivity contribution in [3.05, 3.63) is 29.3 Å². The summed E-state index contributed by atoms with van der Waals surface area (Å²) in [6.07, 6.45) is 3.65. The molecule has 2 fully saturated rings. The Balaban J connectivity index is 1.60. The Morgan fingerprint density at radius 3 is 2.31 bits per heavy atom. The van der Waals surface area contributed by atoms with Crippen molar-refractivity contribution in [1.29, 1.82) is 0 Å². The monoisotopic (exact) mass is 466 g/mol. The lowest BCUT2D eigenvalue weighted by molar-refractivity contribution is -0.149. The number of carbonyl (C=O) groups excluding carboxylic acids is 3. The van der Waals surface area contributed by atoms with Crippen LogP contribution >= 0.6 is 0 Å². The van der Waals surface area contributed by atoms with Crippen LogP contribution in [0.1, 0.15) is 48.0 Å². The number of amides is 1. The molecule has 10 heteroatoms. The number of sulfonamides is 1. The van der Waals surface area contributed by atoms with E-state index in [-0.39, 0.29) is 28.3 Å². The molecule has 1 amide bonds. The normalized spacial score (nSPS) is 18.2. The third-order valence-electron chi connectivity index (χ3n) is 6.07. The molecule has 0 saturated carbocycles. The summed E-state index contributed by atoms with van der Waals surface area (Å²) in [4.78, 5) is 38.1. The van der Waals surface area contributed by atoms with Gasteiger partial charge in [0.25, 0.3) is 5.91 Å². The Bertz CT molecular complexity index is 962. The summed E-state index contributed by atoms with van der Waals surface area (Å²) in [6.45, 7) is 2.96. The lowest BCUT2D eigenvalue weighted by Crippen LogP contribution is -2.42. The molecule has 0 bridgehead atoms. The van der Waals surface area contributed by atoms with Crippen LogP contribution in [0.15, 0.2) is 23.1 Å². The third-order valence-corrected chi connectivity index (χ3v) is 8.11. The molecule has 3 rings (SSSR count). The van der Waals surface area contributed by atoms with Gasteiger partial charge in [-0.15, -0.1) is 0 Å². The van der Waals surface area contributed by atoms with Crippen LogP contribution < -0.4 is 0 Å². The molecule has 2 heterocycles. The Morgan fingerprint density at radius 2 is 1.69 bits per heavy atom. The highest BCUT2D eigenvalue weighted by atomic mass is 32.2. The van der Waals surface area contributed by atoms with Crippen molar-refractivity contribution in [3.63, 3.8) is 0 Å². The van der Waals surface area contributed by atoms with Gasteiger partial charge in [-0.05, 0) is 50.3 Å². The van der Waals surface area contributed by atoms with Crippen LogP contribution in [0.2, 0.25) is 0 Å². The number of benzene rings is 1. The molecule has 0 spiro atoms. The zero-order valence-electron chi connectivity index (χ0n) is 18.5.